The van der Waals surface area contributed by atoms with Crippen molar-refractivity contribution in [1.29, 1.82) is 0 Å². The number of rotatable bonds is 4. The Balaban J connectivity index is 2.25. The number of halogens is 1. The average molecular weight is 300 g/mol. The van der Waals surface area contributed by atoms with Crippen molar-refractivity contribution < 1.29 is 19.2 Å². The fourth-order valence-electron chi connectivity index (χ4n) is 2.13. The molecule has 20 heavy (non-hydrogen) atoms. The van der Waals surface area contributed by atoms with Gasteiger partial charge in [-0.1, -0.05) is 0 Å². The molecular weight excluding hydrogens is 287 g/mol. The summed E-state index contributed by atoms with van der Waals surface area (Å²) < 4.78 is 13.3. The molecule has 1 heterocycles. The van der Waals surface area contributed by atoms with E-state index in [1.807, 2.05) is 0 Å². The number of carboxylic acids is 1. The van der Waals surface area contributed by atoms with E-state index in [0.717, 1.165) is 24.0 Å². The van der Waals surface area contributed by atoms with Crippen LogP contribution in [-0.4, -0.2) is 45.0 Å². The Labute approximate surface area is 118 Å². The van der Waals surface area contributed by atoms with Crippen LogP contribution >= 0.6 is 11.8 Å². The van der Waals surface area contributed by atoms with E-state index in [2.05, 4.69) is 0 Å². The third kappa shape index (κ3) is 3.26. The van der Waals surface area contributed by atoms with Gasteiger partial charge in [-0.05, 0) is 12.1 Å². The third-order valence-electron chi connectivity index (χ3n) is 3.14. The van der Waals surface area contributed by atoms with Crippen LogP contribution in [0.1, 0.15) is 5.56 Å². The number of aliphatic carboxylic acids is 1. The lowest BCUT2D eigenvalue weighted by Crippen LogP contribution is -2.46. The van der Waals surface area contributed by atoms with Gasteiger partial charge in [-0.3, -0.25) is 19.8 Å². The first kappa shape index (κ1) is 14.7. The van der Waals surface area contributed by atoms with Gasteiger partial charge in [0, 0.05) is 36.2 Å². The summed E-state index contributed by atoms with van der Waals surface area (Å²) in [7, 11) is 0. The Hall–Kier alpha value is -1.67. The number of hydrogen-bond acceptors (Lipinski definition) is 5. The number of benzene rings is 1. The van der Waals surface area contributed by atoms with Gasteiger partial charge in [-0.2, -0.15) is 11.8 Å². The van der Waals surface area contributed by atoms with Crippen molar-refractivity contribution in [3.8, 4) is 0 Å². The zero-order chi connectivity index (χ0) is 14.7. The lowest BCUT2D eigenvalue weighted by atomic mass is 10.1. The maximum Gasteiger partial charge on any atom is 0.321 e. The van der Waals surface area contributed by atoms with Gasteiger partial charge in [-0.15, -0.1) is 0 Å². The van der Waals surface area contributed by atoms with E-state index >= 15 is 0 Å². The highest BCUT2D eigenvalue weighted by Gasteiger charge is 2.30. The number of hydrogen-bond donors (Lipinski definition) is 1. The molecule has 1 aromatic rings. The Morgan fingerprint density at radius 1 is 1.60 bits per heavy atom. The predicted molar refractivity (Wildman–Crippen MR) is 72.2 cm³/mol. The summed E-state index contributed by atoms with van der Waals surface area (Å²) in [6.07, 6.45) is 0. The monoisotopic (exact) mass is 300 g/mol. The summed E-state index contributed by atoms with van der Waals surface area (Å²) in [5.41, 5.74) is 0.0157. The molecule has 1 aliphatic heterocycles. The summed E-state index contributed by atoms with van der Waals surface area (Å²) in [6, 6.07) is 2.54. The molecule has 1 atom stereocenters. The third-order valence-corrected chi connectivity index (χ3v) is 4.16. The van der Waals surface area contributed by atoms with Crippen LogP contribution in [0.4, 0.5) is 10.1 Å². The van der Waals surface area contributed by atoms with Crippen LogP contribution < -0.4 is 0 Å². The van der Waals surface area contributed by atoms with Crippen molar-refractivity contribution in [1.82, 2.24) is 4.90 Å². The van der Waals surface area contributed by atoms with Gasteiger partial charge in [0.1, 0.15) is 11.9 Å². The van der Waals surface area contributed by atoms with E-state index in [-0.39, 0.29) is 17.8 Å². The molecule has 8 heteroatoms. The normalized spacial score (nSPS) is 19.8. The first-order valence-electron chi connectivity index (χ1n) is 5.96. The molecule has 0 spiro atoms. The van der Waals surface area contributed by atoms with Crippen molar-refractivity contribution in [2.24, 2.45) is 0 Å². The molecule has 1 fully saturated rings. The van der Waals surface area contributed by atoms with Crippen LogP contribution in [-0.2, 0) is 11.3 Å². The van der Waals surface area contributed by atoms with Crippen LogP contribution in [0.15, 0.2) is 18.2 Å². The summed E-state index contributed by atoms with van der Waals surface area (Å²) in [5, 5.41) is 20.1. The summed E-state index contributed by atoms with van der Waals surface area (Å²) in [4.78, 5) is 23.2. The van der Waals surface area contributed by atoms with E-state index in [1.165, 1.54) is 11.8 Å². The Bertz CT molecular complexity index is 540. The molecule has 108 valence electrons. The van der Waals surface area contributed by atoms with Crippen LogP contribution in [0.3, 0.4) is 0 Å². The summed E-state index contributed by atoms with van der Waals surface area (Å²) in [5.74, 6) is -0.342. The molecule has 1 saturated heterocycles. The average Bonchev–Trinajstić information content (AvgIpc) is 2.38. The standard InChI is InChI=1S/C12H13FN2O4S/c13-9-1-2-10(15(18)19)8(5-9)6-14-3-4-20-7-11(14)12(16)17/h1-2,5,11H,3-4,6-7H2,(H,16,17). The lowest BCUT2D eigenvalue weighted by molar-refractivity contribution is -0.385. The van der Waals surface area contributed by atoms with Crippen LogP contribution in [0.25, 0.3) is 0 Å². The van der Waals surface area contributed by atoms with Crippen molar-refractivity contribution in [2.45, 2.75) is 12.6 Å². The second-order valence-electron chi connectivity index (χ2n) is 4.43. The maximum absolute atomic E-state index is 13.3. The van der Waals surface area contributed by atoms with Crippen LogP contribution in [0.2, 0.25) is 0 Å². The van der Waals surface area contributed by atoms with Gasteiger partial charge < -0.3 is 5.11 Å². The fourth-order valence-corrected chi connectivity index (χ4v) is 3.24. The van der Waals surface area contributed by atoms with Gasteiger partial charge in [-0.25, -0.2) is 4.39 Å². The zero-order valence-electron chi connectivity index (χ0n) is 10.5. The van der Waals surface area contributed by atoms with E-state index in [9.17, 15) is 19.3 Å². The van der Waals surface area contributed by atoms with E-state index in [0.29, 0.717) is 12.3 Å². The van der Waals surface area contributed by atoms with E-state index in [1.54, 1.807) is 4.90 Å². The second-order valence-corrected chi connectivity index (χ2v) is 5.58. The maximum atomic E-state index is 13.3. The van der Waals surface area contributed by atoms with Gasteiger partial charge in [0.15, 0.2) is 0 Å². The van der Waals surface area contributed by atoms with Crippen LogP contribution in [0.5, 0.6) is 0 Å². The van der Waals surface area contributed by atoms with Gasteiger partial charge in [0.25, 0.3) is 5.69 Å². The largest absolute Gasteiger partial charge is 0.480 e. The lowest BCUT2D eigenvalue weighted by Gasteiger charge is -2.32. The summed E-state index contributed by atoms with van der Waals surface area (Å²) >= 11 is 1.53. The quantitative estimate of drug-likeness (QED) is 0.673. The zero-order valence-corrected chi connectivity index (χ0v) is 11.3. The Morgan fingerprint density at radius 2 is 2.35 bits per heavy atom. The van der Waals surface area contributed by atoms with Crippen molar-refractivity contribution >= 4 is 23.4 Å². The number of thioether (sulfide) groups is 1. The number of nitro benzene ring substituents is 1. The van der Waals surface area contributed by atoms with Gasteiger partial charge in [0.05, 0.1) is 4.92 Å². The fraction of sp³-hybridized carbons (Fsp3) is 0.417. The minimum absolute atomic E-state index is 0.0611. The molecule has 0 aliphatic carbocycles. The molecule has 1 N–H and O–H groups in total. The highest BCUT2D eigenvalue weighted by Crippen LogP contribution is 2.25. The number of carbonyl (C=O) groups is 1. The molecule has 1 aromatic carbocycles. The van der Waals surface area contributed by atoms with Gasteiger partial charge in [0.2, 0.25) is 0 Å². The minimum Gasteiger partial charge on any atom is -0.480 e. The number of carboxylic acid groups (broad SMARTS) is 1. The molecule has 0 radical (unpaired) electrons. The van der Waals surface area contributed by atoms with Crippen LogP contribution in [0, 0.1) is 15.9 Å². The van der Waals surface area contributed by atoms with Crippen molar-refractivity contribution in [2.75, 3.05) is 18.1 Å². The molecule has 2 rings (SSSR count). The smallest absolute Gasteiger partial charge is 0.321 e. The molecule has 1 unspecified atom stereocenters. The topological polar surface area (TPSA) is 83.7 Å². The number of nitrogens with zero attached hydrogens (tertiary/aromatic N) is 2. The highest BCUT2D eigenvalue weighted by atomic mass is 32.2. The molecule has 6 nitrogen and oxygen atoms in total. The molecule has 0 amide bonds. The highest BCUT2D eigenvalue weighted by molar-refractivity contribution is 7.99. The van der Waals surface area contributed by atoms with Gasteiger partial charge >= 0.3 is 5.97 Å². The first-order chi connectivity index (χ1) is 9.49. The Kier molecular flexibility index (Phi) is 4.56. The van der Waals surface area contributed by atoms with Crippen molar-refractivity contribution in [3.63, 3.8) is 0 Å². The molecule has 0 saturated carbocycles. The van der Waals surface area contributed by atoms with E-state index < -0.39 is 22.8 Å². The first-order valence-corrected chi connectivity index (χ1v) is 7.12. The molecule has 0 bridgehead atoms. The SMILES string of the molecule is O=C(O)C1CSCCN1Cc1cc(F)ccc1[N+](=O)[O-]. The van der Waals surface area contributed by atoms with Crippen molar-refractivity contribution in [3.05, 3.63) is 39.7 Å². The number of nitro groups is 1. The predicted octanol–water partition coefficient (Wildman–Crippen LogP) is 1.74. The molecule has 1 aliphatic rings. The minimum atomic E-state index is -0.962. The molecular formula is C12H13FN2O4S. The van der Waals surface area contributed by atoms with E-state index in [4.69, 9.17) is 5.11 Å². The summed E-state index contributed by atoms with van der Waals surface area (Å²) in [6.45, 7) is 0.570. The molecule has 0 aromatic heterocycles. The Morgan fingerprint density at radius 3 is 3.00 bits per heavy atom. The second kappa shape index (κ2) is 6.19.